The summed E-state index contributed by atoms with van der Waals surface area (Å²) in [7, 11) is 0. The van der Waals surface area contributed by atoms with Crippen molar-refractivity contribution in [2.24, 2.45) is 45.8 Å². The average molecular weight is 428 g/mol. The second kappa shape index (κ2) is 8.81. The summed E-state index contributed by atoms with van der Waals surface area (Å²) in [6, 6.07) is 1.44. The third kappa shape index (κ3) is 3.50. The summed E-state index contributed by atoms with van der Waals surface area (Å²) in [5.41, 5.74) is 1.75. The molecule has 4 rings (SSSR count). The van der Waals surface area contributed by atoms with Crippen molar-refractivity contribution < 1.29 is 0 Å². The molecule has 2 saturated carbocycles. The minimum atomic E-state index is 0.528. The second-order valence-corrected chi connectivity index (χ2v) is 13.0. The number of hydrogen-bond donors (Lipinski definition) is 1. The van der Waals surface area contributed by atoms with Crippen LogP contribution in [0.2, 0.25) is 0 Å². The van der Waals surface area contributed by atoms with Gasteiger partial charge in [0.05, 0.1) is 0 Å². The Morgan fingerprint density at radius 2 is 1.74 bits per heavy atom. The van der Waals surface area contributed by atoms with Crippen molar-refractivity contribution in [1.29, 1.82) is 0 Å². The minimum Gasteiger partial charge on any atom is -0.311 e. The van der Waals surface area contributed by atoms with Crippen LogP contribution in [-0.2, 0) is 0 Å². The van der Waals surface area contributed by atoms with E-state index in [4.69, 9.17) is 0 Å². The first kappa shape index (κ1) is 23.8. The first-order chi connectivity index (χ1) is 14.8. The molecule has 3 aliphatic carbocycles. The molecule has 1 heterocycles. The summed E-state index contributed by atoms with van der Waals surface area (Å²) < 4.78 is 0. The van der Waals surface area contributed by atoms with Crippen LogP contribution in [0.25, 0.3) is 0 Å². The van der Waals surface area contributed by atoms with E-state index in [0.717, 1.165) is 41.7 Å². The lowest BCUT2D eigenvalue weighted by Gasteiger charge is -2.49. The van der Waals surface area contributed by atoms with Gasteiger partial charge in [0.2, 0.25) is 0 Å². The Morgan fingerprint density at radius 1 is 1.00 bits per heavy atom. The van der Waals surface area contributed by atoms with Gasteiger partial charge in [-0.25, -0.2) is 0 Å². The highest BCUT2D eigenvalue weighted by atomic mass is 15.0. The summed E-state index contributed by atoms with van der Waals surface area (Å²) >= 11 is 0. The zero-order valence-corrected chi connectivity index (χ0v) is 22.0. The van der Waals surface area contributed by atoms with Crippen LogP contribution < -0.4 is 5.32 Å². The second-order valence-electron chi connectivity index (χ2n) is 13.0. The summed E-state index contributed by atoms with van der Waals surface area (Å²) in [6.07, 6.45) is 20.9. The van der Waals surface area contributed by atoms with Gasteiger partial charge in [-0.15, -0.1) is 0 Å². The Labute approximate surface area is 194 Å². The molecule has 1 aliphatic heterocycles. The lowest BCUT2D eigenvalue weighted by atomic mass is 9.62. The lowest BCUT2D eigenvalue weighted by molar-refractivity contribution is 0.0684. The van der Waals surface area contributed by atoms with E-state index in [1.54, 1.807) is 0 Å². The van der Waals surface area contributed by atoms with Crippen molar-refractivity contribution in [3.05, 3.63) is 12.2 Å². The zero-order valence-electron chi connectivity index (χ0n) is 22.0. The van der Waals surface area contributed by atoms with Crippen LogP contribution in [0.1, 0.15) is 119 Å². The molecule has 0 amide bonds. The number of nitrogens with one attached hydrogen (secondary N) is 1. The molecule has 1 spiro atoms. The maximum absolute atomic E-state index is 4.30. The van der Waals surface area contributed by atoms with Gasteiger partial charge >= 0.3 is 0 Å². The van der Waals surface area contributed by atoms with Crippen LogP contribution >= 0.6 is 0 Å². The molecule has 1 N–H and O–H groups in total. The van der Waals surface area contributed by atoms with Gasteiger partial charge in [-0.1, -0.05) is 92.7 Å². The van der Waals surface area contributed by atoms with E-state index in [2.05, 4.69) is 65.9 Å². The van der Waals surface area contributed by atoms with Gasteiger partial charge in [0.15, 0.2) is 0 Å². The minimum absolute atomic E-state index is 0.528. The fourth-order valence-corrected chi connectivity index (χ4v) is 9.26. The standard InChI is InChI=1S/C30H53N/c1-8-10-11-13-23-14-15-24(23)25-16-17-26(21(3)4)31-27(25)20-30(22(5)9-2)28(6,7)29(30)18-12-19-29/h14-15,21-27,31H,8-13,16-20H2,1-7H3/t22?,23?,24?,25?,26?,27-,30?/m0/s1. The Hall–Kier alpha value is -0.300. The van der Waals surface area contributed by atoms with Crippen LogP contribution in [0.15, 0.2) is 12.2 Å². The number of rotatable bonds is 10. The van der Waals surface area contributed by atoms with Crippen molar-refractivity contribution in [2.45, 2.75) is 131 Å². The fourth-order valence-electron chi connectivity index (χ4n) is 9.26. The predicted molar refractivity (Wildman–Crippen MR) is 135 cm³/mol. The first-order valence-electron chi connectivity index (χ1n) is 14.2. The molecule has 1 heteroatoms. The number of piperidine rings is 1. The molecule has 4 aliphatic rings. The maximum atomic E-state index is 4.30. The quantitative estimate of drug-likeness (QED) is 0.272. The molecular formula is C30H53N. The lowest BCUT2D eigenvalue weighted by Crippen LogP contribution is -2.54. The molecule has 1 saturated heterocycles. The highest BCUT2D eigenvalue weighted by Gasteiger charge is 2.83. The first-order valence-corrected chi connectivity index (χ1v) is 14.2. The van der Waals surface area contributed by atoms with E-state index >= 15 is 0 Å². The van der Waals surface area contributed by atoms with Gasteiger partial charge in [-0.2, -0.15) is 0 Å². The van der Waals surface area contributed by atoms with Gasteiger partial charge in [-0.3, -0.25) is 0 Å². The van der Waals surface area contributed by atoms with Gasteiger partial charge in [0.1, 0.15) is 0 Å². The van der Waals surface area contributed by atoms with Crippen molar-refractivity contribution in [1.82, 2.24) is 5.32 Å². The molecule has 0 aromatic heterocycles. The van der Waals surface area contributed by atoms with Crippen molar-refractivity contribution >= 4 is 0 Å². The number of unbranched alkanes of at least 4 members (excludes halogenated alkanes) is 2. The summed E-state index contributed by atoms with van der Waals surface area (Å²) in [5.74, 6) is 4.17. The third-order valence-electron chi connectivity index (χ3n) is 11.6. The molecule has 6 unspecified atom stereocenters. The van der Waals surface area contributed by atoms with Crippen LogP contribution in [0.4, 0.5) is 0 Å². The Morgan fingerprint density at radius 3 is 2.23 bits per heavy atom. The highest BCUT2D eigenvalue weighted by molar-refractivity contribution is 5.32. The predicted octanol–water partition coefficient (Wildman–Crippen LogP) is 8.39. The Bertz CT molecular complexity index is 641. The van der Waals surface area contributed by atoms with Gasteiger partial charge in [0, 0.05) is 12.1 Å². The highest BCUT2D eigenvalue weighted by Crippen LogP contribution is 2.89. The van der Waals surface area contributed by atoms with E-state index < -0.39 is 0 Å². The molecule has 0 bridgehead atoms. The van der Waals surface area contributed by atoms with E-state index in [0.29, 0.717) is 16.2 Å². The molecule has 1 nitrogen and oxygen atoms in total. The summed E-state index contributed by atoms with van der Waals surface area (Å²) in [6.45, 7) is 17.6. The molecule has 0 radical (unpaired) electrons. The largest absolute Gasteiger partial charge is 0.311 e. The van der Waals surface area contributed by atoms with Crippen molar-refractivity contribution in [3.63, 3.8) is 0 Å². The van der Waals surface area contributed by atoms with Crippen molar-refractivity contribution in [3.8, 4) is 0 Å². The molecular weight excluding hydrogens is 374 g/mol. The molecule has 0 aromatic rings. The molecule has 7 atom stereocenters. The molecule has 31 heavy (non-hydrogen) atoms. The SMILES string of the molecule is CCCCCC1C=CC1C1CCC(C(C)C)N[C@H]1CC1(C(C)CC)C(C)(C)C12CCC2. The molecule has 0 aromatic carbocycles. The Balaban J connectivity index is 1.56. The topological polar surface area (TPSA) is 12.0 Å². The molecule has 178 valence electrons. The van der Waals surface area contributed by atoms with Gasteiger partial charge in [-0.05, 0) is 84.4 Å². The normalized spacial score (nSPS) is 41.1. The van der Waals surface area contributed by atoms with Gasteiger partial charge in [0.25, 0.3) is 0 Å². The molecule has 3 fully saturated rings. The Kier molecular flexibility index (Phi) is 6.78. The van der Waals surface area contributed by atoms with E-state index in [1.807, 2.05) is 0 Å². The zero-order chi connectivity index (χ0) is 22.4. The van der Waals surface area contributed by atoms with Crippen molar-refractivity contribution in [2.75, 3.05) is 0 Å². The summed E-state index contributed by atoms with van der Waals surface area (Å²) in [5, 5.41) is 4.30. The average Bonchev–Trinajstić information content (AvgIpc) is 3.15. The van der Waals surface area contributed by atoms with Crippen LogP contribution in [-0.4, -0.2) is 12.1 Å². The van der Waals surface area contributed by atoms with E-state index in [-0.39, 0.29) is 0 Å². The number of hydrogen-bond acceptors (Lipinski definition) is 1. The maximum Gasteiger partial charge on any atom is 0.0110 e. The van der Waals surface area contributed by atoms with Gasteiger partial charge < -0.3 is 5.32 Å². The summed E-state index contributed by atoms with van der Waals surface area (Å²) in [4.78, 5) is 0. The van der Waals surface area contributed by atoms with E-state index in [9.17, 15) is 0 Å². The fraction of sp³-hybridized carbons (Fsp3) is 0.933. The third-order valence-corrected chi connectivity index (χ3v) is 11.6. The monoisotopic (exact) mass is 427 g/mol. The van der Waals surface area contributed by atoms with Crippen LogP contribution in [0.5, 0.6) is 0 Å². The van der Waals surface area contributed by atoms with E-state index in [1.165, 1.54) is 70.6 Å². The van der Waals surface area contributed by atoms with Crippen LogP contribution in [0, 0.1) is 45.8 Å². The smallest absolute Gasteiger partial charge is 0.0110 e. The van der Waals surface area contributed by atoms with Crippen LogP contribution in [0.3, 0.4) is 0 Å². The number of allylic oxidation sites excluding steroid dienone is 2.